The molecule has 0 bridgehead atoms. The zero-order valence-corrected chi connectivity index (χ0v) is 15.4. The quantitative estimate of drug-likeness (QED) is 0.829. The summed E-state index contributed by atoms with van der Waals surface area (Å²) in [5, 5.41) is 5.80. The number of thiophene rings is 1. The van der Waals surface area contributed by atoms with Crippen LogP contribution in [0.1, 0.15) is 21.3 Å². The van der Waals surface area contributed by atoms with Crippen LogP contribution >= 0.6 is 34.5 Å². The molecule has 2 N–H and O–H groups in total. The molecule has 0 spiro atoms. The number of rotatable bonds is 5. The number of carbonyl (C=O) groups excluding carboxylic acids is 1. The average molecular weight is 386 g/mol. The van der Waals surface area contributed by atoms with Crippen molar-refractivity contribution in [2.45, 2.75) is 6.04 Å². The first-order valence-corrected chi connectivity index (χ1v) is 9.48. The van der Waals surface area contributed by atoms with Crippen molar-refractivity contribution < 1.29 is 14.4 Å². The van der Waals surface area contributed by atoms with Gasteiger partial charge in [-0.25, -0.2) is 0 Å². The van der Waals surface area contributed by atoms with Crippen molar-refractivity contribution in [3.63, 3.8) is 0 Å². The van der Waals surface area contributed by atoms with Crippen LogP contribution < -0.4 is 10.2 Å². The van der Waals surface area contributed by atoms with Crippen molar-refractivity contribution in [2.24, 2.45) is 0 Å². The summed E-state index contributed by atoms with van der Waals surface area (Å²) in [6, 6.07) is 9.44. The Balaban J connectivity index is 1.72. The first kappa shape index (κ1) is 17.7. The molecule has 2 aromatic rings. The second-order valence-electron chi connectivity index (χ2n) is 5.65. The van der Waals surface area contributed by atoms with Gasteiger partial charge in [0, 0.05) is 0 Å². The summed E-state index contributed by atoms with van der Waals surface area (Å²) in [6.07, 6.45) is 0. The Bertz CT molecular complexity index is 668. The van der Waals surface area contributed by atoms with Crippen molar-refractivity contribution in [2.75, 3.05) is 32.8 Å². The smallest absolute Gasteiger partial charge is 0.254 e. The van der Waals surface area contributed by atoms with Crippen LogP contribution in [0.3, 0.4) is 0 Å². The molecule has 0 unspecified atom stereocenters. The summed E-state index contributed by atoms with van der Waals surface area (Å²) in [4.78, 5) is 15.2. The monoisotopic (exact) mass is 385 g/mol. The maximum atomic E-state index is 12.5. The fraction of sp³-hybridized carbons (Fsp3) is 0.353. The molecule has 24 heavy (non-hydrogen) atoms. The molecule has 1 saturated heterocycles. The number of amides is 1. The molecule has 1 aliphatic heterocycles. The lowest BCUT2D eigenvalue weighted by atomic mass is 10.1. The van der Waals surface area contributed by atoms with Crippen LogP contribution in [0.2, 0.25) is 10.0 Å². The van der Waals surface area contributed by atoms with E-state index >= 15 is 0 Å². The van der Waals surface area contributed by atoms with Crippen LogP contribution in [-0.2, 0) is 4.74 Å². The topological polar surface area (TPSA) is 42.8 Å². The van der Waals surface area contributed by atoms with Gasteiger partial charge in [0.25, 0.3) is 5.91 Å². The van der Waals surface area contributed by atoms with Crippen molar-refractivity contribution in [3.8, 4) is 0 Å². The Morgan fingerprint density at radius 2 is 1.92 bits per heavy atom. The van der Waals surface area contributed by atoms with E-state index in [9.17, 15) is 4.79 Å². The Hall–Kier alpha value is -1.11. The van der Waals surface area contributed by atoms with Crippen molar-refractivity contribution in [1.29, 1.82) is 0 Å². The fourth-order valence-electron chi connectivity index (χ4n) is 2.92. The molecule has 1 fully saturated rings. The Morgan fingerprint density at radius 3 is 2.54 bits per heavy atom. The van der Waals surface area contributed by atoms with E-state index in [4.69, 9.17) is 27.9 Å². The maximum absolute atomic E-state index is 12.5. The highest BCUT2D eigenvalue weighted by atomic mass is 35.5. The highest BCUT2D eigenvalue weighted by Crippen LogP contribution is 2.24. The number of ether oxygens (including phenoxy) is 1. The number of hydrogen-bond donors (Lipinski definition) is 2. The van der Waals surface area contributed by atoms with Crippen LogP contribution in [0.15, 0.2) is 35.7 Å². The number of nitrogens with one attached hydrogen (secondary N) is 2. The summed E-state index contributed by atoms with van der Waals surface area (Å²) >= 11 is 14.0. The summed E-state index contributed by atoms with van der Waals surface area (Å²) < 4.78 is 5.45. The van der Waals surface area contributed by atoms with Gasteiger partial charge >= 0.3 is 0 Å². The average Bonchev–Trinajstić information content (AvgIpc) is 3.10. The van der Waals surface area contributed by atoms with E-state index in [1.165, 1.54) is 9.78 Å². The maximum Gasteiger partial charge on any atom is 0.254 e. The van der Waals surface area contributed by atoms with Crippen LogP contribution in [0.25, 0.3) is 0 Å². The lowest BCUT2D eigenvalue weighted by Gasteiger charge is -2.31. The van der Waals surface area contributed by atoms with Gasteiger partial charge in [-0.3, -0.25) is 4.79 Å². The summed E-state index contributed by atoms with van der Waals surface area (Å²) in [7, 11) is 0. The normalized spacial score (nSPS) is 16.8. The van der Waals surface area contributed by atoms with Crippen molar-refractivity contribution in [1.82, 2.24) is 5.32 Å². The molecule has 2 heterocycles. The van der Waals surface area contributed by atoms with Gasteiger partial charge in [0.05, 0.1) is 40.2 Å². The van der Waals surface area contributed by atoms with E-state index in [2.05, 4.69) is 16.8 Å². The van der Waals surface area contributed by atoms with Gasteiger partial charge < -0.3 is 15.0 Å². The molecule has 3 rings (SSSR count). The van der Waals surface area contributed by atoms with Gasteiger partial charge in [-0.2, -0.15) is 0 Å². The molecule has 0 radical (unpaired) electrons. The molecule has 1 aromatic carbocycles. The highest BCUT2D eigenvalue weighted by molar-refractivity contribution is 7.10. The van der Waals surface area contributed by atoms with E-state index in [0.29, 0.717) is 22.2 Å². The van der Waals surface area contributed by atoms with Crippen molar-refractivity contribution >= 4 is 40.4 Å². The molecule has 4 nitrogen and oxygen atoms in total. The van der Waals surface area contributed by atoms with Gasteiger partial charge in [-0.15, -0.1) is 11.3 Å². The summed E-state index contributed by atoms with van der Waals surface area (Å²) in [5.41, 5.74) is 0.336. The number of benzene rings is 1. The number of halogens is 2. The third-order valence-electron chi connectivity index (χ3n) is 4.17. The lowest BCUT2D eigenvalue weighted by Crippen LogP contribution is -3.15. The molecule has 0 aliphatic carbocycles. The molecular weight excluding hydrogens is 367 g/mol. The standard InChI is InChI=1S/C17H18Cl2N2O2S/c18-12-3-1-4-13(19)16(12)17(22)20-11-14(15-5-2-10-24-15)21-6-8-23-9-7-21/h1-5,10,14H,6-9,11H2,(H,20,22)/p+1/t14-/m0/s1. The number of quaternary nitrogens is 1. The van der Waals surface area contributed by atoms with Gasteiger partial charge in [0.2, 0.25) is 0 Å². The minimum Gasteiger partial charge on any atom is -0.370 e. The van der Waals surface area contributed by atoms with Crippen LogP contribution in [-0.4, -0.2) is 38.8 Å². The fourth-order valence-corrected chi connectivity index (χ4v) is 4.37. The van der Waals surface area contributed by atoms with E-state index in [1.54, 1.807) is 29.5 Å². The van der Waals surface area contributed by atoms with Crippen LogP contribution in [0, 0.1) is 0 Å². The molecule has 128 valence electrons. The minimum atomic E-state index is -0.236. The molecule has 0 saturated carbocycles. The van der Waals surface area contributed by atoms with Gasteiger partial charge in [0.15, 0.2) is 0 Å². The number of carbonyl (C=O) groups is 1. The largest absolute Gasteiger partial charge is 0.370 e. The summed E-state index contributed by atoms with van der Waals surface area (Å²) in [6.45, 7) is 3.91. The van der Waals surface area contributed by atoms with E-state index in [0.717, 1.165) is 26.3 Å². The molecule has 1 atom stereocenters. The van der Waals surface area contributed by atoms with E-state index in [-0.39, 0.29) is 11.9 Å². The predicted octanol–water partition coefficient (Wildman–Crippen LogP) is 2.44. The first-order chi connectivity index (χ1) is 11.7. The Kier molecular flexibility index (Phi) is 6.14. The van der Waals surface area contributed by atoms with E-state index in [1.807, 2.05) is 6.07 Å². The van der Waals surface area contributed by atoms with Crippen molar-refractivity contribution in [3.05, 3.63) is 56.2 Å². The van der Waals surface area contributed by atoms with Gasteiger partial charge in [-0.1, -0.05) is 35.3 Å². The second kappa shape index (κ2) is 8.32. The van der Waals surface area contributed by atoms with Crippen LogP contribution in [0.5, 0.6) is 0 Å². The number of hydrogen-bond acceptors (Lipinski definition) is 3. The summed E-state index contributed by atoms with van der Waals surface area (Å²) in [5.74, 6) is -0.236. The Morgan fingerprint density at radius 1 is 1.21 bits per heavy atom. The van der Waals surface area contributed by atoms with Gasteiger partial charge in [0.1, 0.15) is 19.1 Å². The molecule has 1 aliphatic rings. The highest BCUT2D eigenvalue weighted by Gasteiger charge is 2.28. The number of morpholine rings is 1. The minimum absolute atomic E-state index is 0.208. The molecule has 1 aromatic heterocycles. The second-order valence-corrected chi connectivity index (χ2v) is 7.44. The van der Waals surface area contributed by atoms with Crippen LogP contribution in [0.4, 0.5) is 0 Å². The SMILES string of the molecule is O=C(NC[C@@H](c1cccs1)[NH+]1CCOCC1)c1c(Cl)cccc1Cl. The molecule has 1 amide bonds. The first-order valence-electron chi connectivity index (χ1n) is 7.84. The zero-order chi connectivity index (χ0) is 16.9. The zero-order valence-electron chi connectivity index (χ0n) is 13.1. The third kappa shape index (κ3) is 4.10. The van der Waals surface area contributed by atoms with E-state index < -0.39 is 0 Å². The molecular formula is C17H19Cl2N2O2S+. The predicted molar refractivity (Wildman–Crippen MR) is 97.4 cm³/mol. The Labute approximate surface area is 155 Å². The third-order valence-corrected chi connectivity index (χ3v) is 5.79. The lowest BCUT2D eigenvalue weighted by molar-refractivity contribution is -0.937. The van der Waals surface area contributed by atoms with Gasteiger partial charge in [-0.05, 0) is 23.6 Å². The molecule has 7 heteroatoms.